The number of rotatable bonds is 7. The Hall–Kier alpha value is -3.02. The fourth-order valence-electron chi connectivity index (χ4n) is 2.84. The van der Waals surface area contributed by atoms with E-state index in [-0.39, 0.29) is 18.0 Å². The number of amides is 3. The number of aryl methyl sites for hydroxylation is 1. The Balaban J connectivity index is 1.98. The van der Waals surface area contributed by atoms with E-state index in [1.54, 1.807) is 31.2 Å². The molecule has 0 aromatic heterocycles. The molecule has 150 valence electrons. The Labute approximate surface area is 166 Å². The predicted octanol–water partition coefficient (Wildman–Crippen LogP) is 3.48. The van der Waals surface area contributed by atoms with Gasteiger partial charge in [-0.05, 0) is 44.5 Å². The lowest BCUT2D eigenvalue weighted by Crippen LogP contribution is -2.39. The van der Waals surface area contributed by atoms with Gasteiger partial charge in [-0.15, -0.1) is 0 Å². The molecular formula is C22H29N3O3. The van der Waals surface area contributed by atoms with Gasteiger partial charge in [0, 0.05) is 37.3 Å². The molecule has 0 unspecified atom stereocenters. The number of hydrogen-bond donors (Lipinski definition) is 2. The molecule has 2 aromatic rings. The highest BCUT2D eigenvalue weighted by molar-refractivity contribution is 5.94. The van der Waals surface area contributed by atoms with E-state index in [1.165, 1.54) is 0 Å². The van der Waals surface area contributed by atoms with Crippen LogP contribution < -0.4 is 15.4 Å². The number of carbonyl (C=O) groups is 2. The van der Waals surface area contributed by atoms with Crippen LogP contribution in [0.3, 0.4) is 0 Å². The third-order valence-corrected chi connectivity index (χ3v) is 4.26. The van der Waals surface area contributed by atoms with Gasteiger partial charge in [0.15, 0.2) is 0 Å². The molecular weight excluding hydrogens is 354 g/mol. The molecule has 0 aliphatic carbocycles. The van der Waals surface area contributed by atoms with Gasteiger partial charge in [-0.25, -0.2) is 4.79 Å². The van der Waals surface area contributed by atoms with E-state index in [0.29, 0.717) is 18.7 Å². The third kappa shape index (κ3) is 6.01. The minimum absolute atomic E-state index is 0.0689. The molecule has 0 atom stereocenters. The van der Waals surface area contributed by atoms with E-state index < -0.39 is 0 Å². The van der Waals surface area contributed by atoms with Gasteiger partial charge < -0.3 is 20.3 Å². The van der Waals surface area contributed by atoms with Gasteiger partial charge in [0.25, 0.3) is 5.91 Å². The Morgan fingerprint density at radius 2 is 1.79 bits per heavy atom. The number of benzene rings is 2. The van der Waals surface area contributed by atoms with Crippen molar-refractivity contribution in [1.82, 2.24) is 15.5 Å². The van der Waals surface area contributed by atoms with Gasteiger partial charge in [0.05, 0.1) is 7.11 Å². The van der Waals surface area contributed by atoms with Crippen LogP contribution in [0.4, 0.5) is 4.79 Å². The Morgan fingerprint density at radius 3 is 2.39 bits per heavy atom. The van der Waals surface area contributed by atoms with Crippen molar-refractivity contribution in [3.05, 3.63) is 64.7 Å². The van der Waals surface area contributed by atoms with Crippen LogP contribution in [-0.4, -0.2) is 37.0 Å². The summed E-state index contributed by atoms with van der Waals surface area (Å²) in [6.07, 6.45) is 0. The van der Waals surface area contributed by atoms with Crippen LogP contribution in [0.1, 0.15) is 40.9 Å². The minimum atomic E-state index is -0.206. The van der Waals surface area contributed by atoms with Crippen LogP contribution in [-0.2, 0) is 13.1 Å². The van der Waals surface area contributed by atoms with Gasteiger partial charge in [0.2, 0.25) is 0 Å². The highest BCUT2D eigenvalue weighted by Crippen LogP contribution is 2.21. The average Bonchev–Trinajstić information content (AvgIpc) is 2.66. The molecule has 28 heavy (non-hydrogen) atoms. The summed E-state index contributed by atoms with van der Waals surface area (Å²) in [6, 6.07) is 13.1. The van der Waals surface area contributed by atoms with Gasteiger partial charge in [-0.1, -0.05) is 29.8 Å². The molecule has 0 aliphatic rings. The maximum Gasteiger partial charge on any atom is 0.315 e. The second-order valence-corrected chi connectivity index (χ2v) is 7.16. The highest BCUT2D eigenvalue weighted by atomic mass is 16.5. The first-order valence-electron chi connectivity index (χ1n) is 9.32. The molecule has 3 amide bonds. The lowest BCUT2D eigenvalue weighted by molar-refractivity contribution is 0.0784. The summed E-state index contributed by atoms with van der Waals surface area (Å²) in [5, 5.41) is 5.57. The minimum Gasteiger partial charge on any atom is -0.496 e. The SMILES string of the molecule is COc1ccc(C)cc1CN(C)C(=O)c1ccc(CNC(=O)NC(C)C)cc1. The summed E-state index contributed by atoms with van der Waals surface area (Å²) in [5.41, 5.74) is 3.62. The molecule has 0 radical (unpaired) electrons. The average molecular weight is 383 g/mol. The first-order valence-corrected chi connectivity index (χ1v) is 9.32. The standard InChI is InChI=1S/C22H29N3O3/c1-15(2)24-22(27)23-13-17-7-9-18(10-8-17)21(26)25(4)14-19-12-16(3)6-11-20(19)28-5/h6-12,15H,13-14H2,1-5H3,(H2,23,24,27). The number of methoxy groups -OCH3 is 1. The number of nitrogens with one attached hydrogen (secondary N) is 2. The topological polar surface area (TPSA) is 70.7 Å². The van der Waals surface area contributed by atoms with Crippen LogP contribution in [0.5, 0.6) is 5.75 Å². The highest BCUT2D eigenvalue weighted by Gasteiger charge is 2.14. The van der Waals surface area contributed by atoms with E-state index in [2.05, 4.69) is 10.6 Å². The molecule has 0 aliphatic heterocycles. The van der Waals surface area contributed by atoms with Crippen molar-refractivity contribution in [2.45, 2.75) is 39.9 Å². The summed E-state index contributed by atoms with van der Waals surface area (Å²) < 4.78 is 5.39. The molecule has 0 spiro atoms. The molecule has 2 aromatic carbocycles. The van der Waals surface area contributed by atoms with Gasteiger partial charge in [-0.3, -0.25) is 4.79 Å². The van der Waals surface area contributed by atoms with E-state index in [4.69, 9.17) is 4.74 Å². The zero-order chi connectivity index (χ0) is 20.7. The van der Waals surface area contributed by atoms with Gasteiger partial charge in [-0.2, -0.15) is 0 Å². The molecule has 0 bridgehead atoms. The van der Waals surface area contributed by atoms with Gasteiger partial charge in [0.1, 0.15) is 5.75 Å². The van der Waals surface area contributed by atoms with E-state index in [1.807, 2.05) is 51.1 Å². The van der Waals surface area contributed by atoms with Crippen molar-refractivity contribution in [3.63, 3.8) is 0 Å². The maximum absolute atomic E-state index is 12.7. The molecule has 6 nitrogen and oxygen atoms in total. The molecule has 0 fully saturated rings. The van der Waals surface area contributed by atoms with E-state index in [0.717, 1.165) is 22.4 Å². The third-order valence-electron chi connectivity index (χ3n) is 4.26. The fraction of sp³-hybridized carbons (Fsp3) is 0.364. The second-order valence-electron chi connectivity index (χ2n) is 7.16. The maximum atomic E-state index is 12.7. The molecule has 6 heteroatoms. The second kappa shape index (κ2) is 9.78. The van der Waals surface area contributed by atoms with Crippen LogP contribution in [0, 0.1) is 6.92 Å². The summed E-state index contributed by atoms with van der Waals surface area (Å²) in [4.78, 5) is 26.1. The number of hydrogen-bond acceptors (Lipinski definition) is 3. The smallest absolute Gasteiger partial charge is 0.315 e. The first-order chi connectivity index (χ1) is 13.3. The number of ether oxygens (including phenoxy) is 1. The van der Waals surface area contributed by atoms with Crippen molar-refractivity contribution in [1.29, 1.82) is 0 Å². The Morgan fingerprint density at radius 1 is 1.11 bits per heavy atom. The largest absolute Gasteiger partial charge is 0.496 e. The van der Waals surface area contributed by atoms with Crippen LogP contribution in [0.15, 0.2) is 42.5 Å². The molecule has 2 N–H and O–H groups in total. The summed E-state index contributed by atoms with van der Waals surface area (Å²) in [6.45, 7) is 6.69. The van der Waals surface area contributed by atoms with Crippen molar-refractivity contribution < 1.29 is 14.3 Å². The zero-order valence-corrected chi connectivity index (χ0v) is 17.2. The number of nitrogens with zero attached hydrogens (tertiary/aromatic N) is 1. The number of urea groups is 1. The summed E-state index contributed by atoms with van der Waals surface area (Å²) in [7, 11) is 3.40. The van der Waals surface area contributed by atoms with Crippen molar-refractivity contribution >= 4 is 11.9 Å². The molecule has 0 heterocycles. The lowest BCUT2D eigenvalue weighted by Gasteiger charge is -2.19. The fourth-order valence-corrected chi connectivity index (χ4v) is 2.84. The lowest BCUT2D eigenvalue weighted by atomic mass is 10.1. The molecule has 0 saturated heterocycles. The van der Waals surface area contributed by atoms with Crippen molar-refractivity contribution in [3.8, 4) is 5.75 Å². The number of carbonyl (C=O) groups excluding carboxylic acids is 2. The predicted molar refractivity (Wildman–Crippen MR) is 110 cm³/mol. The molecule has 0 saturated carbocycles. The molecule has 2 rings (SSSR count). The van der Waals surface area contributed by atoms with Crippen LogP contribution in [0.2, 0.25) is 0 Å². The Bertz CT molecular complexity index is 816. The van der Waals surface area contributed by atoms with E-state index >= 15 is 0 Å². The normalized spacial score (nSPS) is 10.5. The van der Waals surface area contributed by atoms with Crippen molar-refractivity contribution in [2.75, 3.05) is 14.2 Å². The monoisotopic (exact) mass is 383 g/mol. The summed E-state index contributed by atoms with van der Waals surface area (Å²) >= 11 is 0. The summed E-state index contributed by atoms with van der Waals surface area (Å²) in [5.74, 6) is 0.701. The van der Waals surface area contributed by atoms with E-state index in [9.17, 15) is 9.59 Å². The quantitative estimate of drug-likeness (QED) is 0.769. The van der Waals surface area contributed by atoms with Gasteiger partial charge >= 0.3 is 6.03 Å². The first kappa shape index (κ1) is 21.3. The van der Waals surface area contributed by atoms with Crippen LogP contribution in [0.25, 0.3) is 0 Å². The Kier molecular flexibility index (Phi) is 7.44. The van der Waals surface area contributed by atoms with Crippen LogP contribution >= 0.6 is 0 Å². The zero-order valence-electron chi connectivity index (χ0n) is 17.2. The van der Waals surface area contributed by atoms with Crippen molar-refractivity contribution in [2.24, 2.45) is 0 Å².